The number of carbonyl (C=O) groups is 1. The zero-order chi connectivity index (χ0) is 13.9. The lowest BCUT2D eigenvalue weighted by Crippen LogP contribution is -2.35. The van der Waals surface area contributed by atoms with Crippen molar-refractivity contribution in [2.75, 3.05) is 19.0 Å². The van der Waals surface area contributed by atoms with Crippen LogP contribution in [0.4, 0.5) is 5.82 Å². The predicted octanol–water partition coefficient (Wildman–Crippen LogP) is 1.85. The summed E-state index contributed by atoms with van der Waals surface area (Å²) < 4.78 is 5.12. The van der Waals surface area contributed by atoms with E-state index in [9.17, 15) is 9.90 Å². The highest BCUT2D eigenvalue weighted by molar-refractivity contribution is 5.76. The Hall–Kier alpha value is -1.85. The number of ether oxygens (including phenoxy) is 1. The van der Waals surface area contributed by atoms with Crippen LogP contribution in [0.15, 0.2) is 6.33 Å². The maximum atomic E-state index is 11.5. The second-order valence-corrected chi connectivity index (χ2v) is 5.00. The zero-order valence-corrected chi connectivity index (χ0v) is 11.3. The topological polar surface area (TPSA) is 84.3 Å². The minimum atomic E-state index is -0.726. The molecule has 1 aliphatic rings. The van der Waals surface area contributed by atoms with Gasteiger partial charge in [0.05, 0.1) is 18.1 Å². The molecule has 1 aromatic rings. The van der Waals surface area contributed by atoms with Crippen LogP contribution in [0.1, 0.15) is 31.2 Å². The smallest absolute Gasteiger partial charge is 0.311 e. The summed E-state index contributed by atoms with van der Waals surface area (Å²) in [7, 11) is 1.55. The molecule has 6 heteroatoms. The Morgan fingerprint density at radius 2 is 2.16 bits per heavy atom. The monoisotopic (exact) mass is 265 g/mol. The normalized spacial score (nSPS) is 17.2. The fourth-order valence-electron chi connectivity index (χ4n) is 2.59. The van der Waals surface area contributed by atoms with Crippen molar-refractivity contribution < 1.29 is 14.6 Å². The fraction of sp³-hybridized carbons (Fsp3) is 0.615. The summed E-state index contributed by atoms with van der Waals surface area (Å²) in [4.78, 5) is 19.6. The summed E-state index contributed by atoms with van der Waals surface area (Å²) >= 11 is 0. The second kappa shape index (κ2) is 5.42. The van der Waals surface area contributed by atoms with Crippen molar-refractivity contribution in [1.82, 2.24) is 9.97 Å². The number of methoxy groups -OCH3 is 1. The SMILES string of the molecule is COc1ncnc(NCC2(C(=O)O)CCCC2)c1C. The minimum absolute atomic E-state index is 0.392. The lowest BCUT2D eigenvalue weighted by Gasteiger charge is -2.24. The van der Waals surface area contributed by atoms with Crippen molar-refractivity contribution in [2.24, 2.45) is 5.41 Å². The van der Waals surface area contributed by atoms with Gasteiger partial charge in [0.15, 0.2) is 0 Å². The van der Waals surface area contributed by atoms with E-state index in [-0.39, 0.29) is 0 Å². The van der Waals surface area contributed by atoms with E-state index in [2.05, 4.69) is 15.3 Å². The Balaban J connectivity index is 2.12. The summed E-state index contributed by atoms with van der Waals surface area (Å²) in [6.07, 6.45) is 4.80. The van der Waals surface area contributed by atoms with Gasteiger partial charge in [0.25, 0.3) is 0 Å². The number of aliphatic carboxylic acids is 1. The Labute approximate surface area is 112 Å². The van der Waals surface area contributed by atoms with Crippen LogP contribution in [0.3, 0.4) is 0 Å². The Kier molecular flexibility index (Phi) is 3.87. The van der Waals surface area contributed by atoms with E-state index < -0.39 is 11.4 Å². The molecule has 1 aliphatic carbocycles. The number of anilines is 1. The molecule has 19 heavy (non-hydrogen) atoms. The molecule has 0 amide bonds. The molecule has 0 spiro atoms. The number of nitrogens with one attached hydrogen (secondary N) is 1. The number of nitrogens with zero attached hydrogens (tertiary/aromatic N) is 2. The Bertz CT molecular complexity index is 470. The Morgan fingerprint density at radius 1 is 1.47 bits per heavy atom. The van der Waals surface area contributed by atoms with Gasteiger partial charge in [-0.15, -0.1) is 0 Å². The summed E-state index contributed by atoms with van der Waals surface area (Å²) in [5, 5.41) is 12.6. The van der Waals surface area contributed by atoms with E-state index in [1.54, 1.807) is 7.11 Å². The van der Waals surface area contributed by atoms with E-state index in [4.69, 9.17) is 4.74 Å². The lowest BCUT2D eigenvalue weighted by molar-refractivity contribution is -0.147. The van der Waals surface area contributed by atoms with Gasteiger partial charge in [-0.3, -0.25) is 4.79 Å². The molecule has 2 N–H and O–H groups in total. The predicted molar refractivity (Wildman–Crippen MR) is 70.3 cm³/mol. The molecule has 0 unspecified atom stereocenters. The van der Waals surface area contributed by atoms with E-state index in [1.807, 2.05) is 6.92 Å². The van der Waals surface area contributed by atoms with Gasteiger partial charge >= 0.3 is 5.97 Å². The molecule has 0 saturated heterocycles. The molecule has 0 radical (unpaired) electrons. The molecular formula is C13H19N3O3. The average Bonchev–Trinajstić information content (AvgIpc) is 2.88. The molecule has 104 valence electrons. The number of hydrogen-bond donors (Lipinski definition) is 2. The van der Waals surface area contributed by atoms with Crippen LogP contribution in [0.2, 0.25) is 0 Å². The number of hydrogen-bond acceptors (Lipinski definition) is 5. The van der Waals surface area contributed by atoms with Crippen LogP contribution < -0.4 is 10.1 Å². The average molecular weight is 265 g/mol. The van der Waals surface area contributed by atoms with Crippen molar-refractivity contribution in [3.05, 3.63) is 11.9 Å². The standard InChI is InChI=1S/C13H19N3O3/c1-9-10(15-8-16-11(9)19-2)14-7-13(12(17)18)5-3-4-6-13/h8H,3-7H2,1-2H3,(H,17,18)(H,14,15,16). The summed E-state index contributed by atoms with van der Waals surface area (Å²) in [6, 6.07) is 0. The Morgan fingerprint density at radius 3 is 2.74 bits per heavy atom. The molecule has 1 aromatic heterocycles. The first kappa shape index (κ1) is 13.6. The van der Waals surface area contributed by atoms with Crippen LogP contribution in [-0.2, 0) is 4.79 Å². The van der Waals surface area contributed by atoms with Gasteiger partial charge in [-0.25, -0.2) is 9.97 Å². The third kappa shape index (κ3) is 2.62. The van der Waals surface area contributed by atoms with Gasteiger partial charge in [-0.1, -0.05) is 12.8 Å². The molecule has 2 rings (SSSR count). The summed E-state index contributed by atoms with van der Waals surface area (Å²) in [5.74, 6) is 0.420. The van der Waals surface area contributed by atoms with Crippen molar-refractivity contribution >= 4 is 11.8 Å². The van der Waals surface area contributed by atoms with Gasteiger partial charge in [0.2, 0.25) is 5.88 Å². The van der Waals surface area contributed by atoms with Gasteiger partial charge in [0, 0.05) is 6.54 Å². The van der Waals surface area contributed by atoms with Crippen molar-refractivity contribution in [3.63, 3.8) is 0 Å². The highest BCUT2D eigenvalue weighted by Crippen LogP contribution is 2.38. The van der Waals surface area contributed by atoms with Crippen LogP contribution >= 0.6 is 0 Å². The molecule has 0 bridgehead atoms. The van der Waals surface area contributed by atoms with E-state index in [1.165, 1.54) is 6.33 Å². The van der Waals surface area contributed by atoms with Crippen LogP contribution in [0.5, 0.6) is 5.88 Å². The summed E-state index contributed by atoms with van der Waals surface area (Å²) in [6.45, 7) is 2.24. The molecule has 0 atom stereocenters. The second-order valence-electron chi connectivity index (χ2n) is 5.00. The first-order valence-electron chi connectivity index (χ1n) is 6.42. The van der Waals surface area contributed by atoms with Crippen molar-refractivity contribution in [3.8, 4) is 5.88 Å². The number of aromatic nitrogens is 2. The first-order valence-corrected chi connectivity index (χ1v) is 6.42. The van der Waals surface area contributed by atoms with E-state index in [0.717, 1.165) is 31.2 Å². The molecule has 1 fully saturated rings. The van der Waals surface area contributed by atoms with Crippen LogP contribution in [-0.4, -0.2) is 34.7 Å². The molecular weight excluding hydrogens is 246 g/mol. The third-order valence-corrected chi connectivity index (χ3v) is 3.84. The highest BCUT2D eigenvalue weighted by Gasteiger charge is 2.41. The van der Waals surface area contributed by atoms with Crippen LogP contribution in [0, 0.1) is 12.3 Å². The largest absolute Gasteiger partial charge is 0.481 e. The maximum Gasteiger partial charge on any atom is 0.311 e. The number of carboxylic acid groups (broad SMARTS) is 1. The van der Waals surface area contributed by atoms with Crippen molar-refractivity contribution in [2.45, 2.75) is 32.6 Å². The lowest BCUT2D eigenvalue weighted by atomic mass is 9.86. The van der Waals surface area contributed by atoms with Gasteiger partial charge < -0.3 is 15.2 Å². The third-order valence-electron chi connectivity index (χ3n) is 3.84. The van der Waals surface area contributed by atoms with Gasteiger partial charge in [-0.05, 0) is 19.8 Å². The minimum Gasteiger partial charge on any atom is -0.481 e. The highest BCUT2D eigenvalue weighted by atomic mass is 16.5. The maximum absolute atomic E-state index is 11.5. The quantitative estimate of drug-likeness (QED) is 0.845. The van der Waals surface area contributed by atoms with Gasteiger partial charge in [0.1, 0.15) is 12.1 Å². The number of carboxylic acids is 1. The molecule has 1 heterocycles. The fourth-order valence-corrected chi connectivity index (χ4v) is 2.59. The van der Waals surface area contributed by atoms with Gasteiger partial charge in [-0.2, -0.15) is 0 Å². The number of rotatable bonds is 5. The van der Waals surface area contributed by atoms with E-state index >= 15 is 0 Å². The van der Waals surface area contributed by atoms with E-state index in [0.29, 0.717) is 18.2 Å². The first-order chi connectivity index (χ1) is 9.09. The van der Waals surface area contributed by atoms with Crippen LogP contribution in [0.25, 0.3) is 0 Å². The molecule has 6 nitrogen and oxygen atoms in total. The molecule has 1 saturated carbocycles. The molecule has 0 aliphatic heterocycles. The summed E-state index contributed by atoms with van der Waals surface area (Å²) in [5.41, 5.74) is 0.133. The molecule has 0 aromatic carbocycles. The van der Waals surface area contributed by atoms with Crippen molar-refractivity contribution in [1.29, 1.82) is 0 Å². The zero-order valence-electron chi connectivity index (χ0n) is 11.3.